The van der Waals surface area contributed by atoms with E-state index in [9.17, 15) is 14.4 Å². The summed E-state index contributed by atoms with van der Waals surface area (Å²) in [6, 6.07) is 28.3. The molecule has 0 heterocycles. The Morgan fingerprint density at radius 1 is 0.725 bits per heavy atom. The molecule has 0 atom stereocenters. The lowest BCUT2D eigenvalue weighted by Gasteiger charge is -2.10. The Hall–Kier alpha value is -5.24. The molecule has 0 spiro atoms. The van der Waals surface area contributed by atoms with Crippen LogP contribution in [-0.4, -0.2) is 30.7 Å². The second-order valence-electron chi connectivity index (χ2n) is 8.64. The van der Waals surface area contributed by atoms with Crippen LogP contribution in [-0.2, 0) is 0 Å². The SMILES string of the molecule is CCCCOc1ccc(C(=O)NN=Cc2ccc(OC(=O)c3ccccc3)cc2OC(=O)c2ccccc2)cc1. The summed E-state index contributed by atoms with van der Waals surface area (Å²) in [6.45, 7) is 2.70. The molecule has 0 aromatic heterocycles. The van der Waals surface area contributed by atoms with Gasteiger partial charge >= 0.3 is 11.9 Å². The Kier molecular flexibility index (Phi) is 9.77. The molecule has 0 unspecified atom stereocenters. The van der Waals surface area contributed by atoms with E-state index in [1.807, 2.05) is 0 Å². The van der Waals surface area contributed by atoms with E-state index >= 15 is 0 Å². The number of ether oxygens (including phenoxy) is 3. The van der Waals surface area contributed by atoms with E-state index in [4.69, 9.17) is 14.2 Å². The summed E-state index contributed by atoms with van der Waals surface area (Å²) < 4.78 is 16.7. The number of rotatable bonds is 11. The lowest BCUT2D eigenvalue weighted by Crippen LogP contribution is -2.17. The number of carbonyl (C=O) groups excluding carboxylic acids is 3. The van der Waals surface area contributed by atoms with E-state index < -0.39 is 17.8 Å². The third-order valence-corrected chi connectivity index (χ3v) is 5.67. The molecule has 1 amide bonds. The second-order valence-corrected chi connectivity index (χ2v) is 8.64. The molecule has 4 aromatic rings. The maximum Gasteiger partial charge on any atom is 0.343 e. The molecule has 0 bridgehead atoms. The first-order valence-electron chi connectivity index (χ1n) is 12.8. The quantitative estimate of drug-likeness (QED) is 0.0821. The zero-order valence-electron chi connectivity index (χ0n) is 21.9. The molecule has 0 aliphatic heterocycles. The predicted octanol–water partition coefficient (Wildman–Crippen LogP) is 6.07. The average molecular weight is 537 g/mol. The van der Waals surface area contributed by atoms with Crippen LogP contribution in [0.4, 0.5) is 0 Å². The number of benzene rings is 4. The molecular formula is C32H28N2O6. The van der Waals surface area contributed by atoms with Crippen LogP contribution in [0.3, 0.4) is 0 Å². The van der Waals surface area contributed by atoms with Gasteiger partial charge in [-0.25, -0.2) is 15.0 Å². The van der Waals surface area contributed by atoms with Crippen LogP contribution in [0.5, 0.6) is 17.2 Å². The Balaban J connectivity index is 1.48. The Morgan fingerprint density at radius 3 is 1.95 bits per heavy atom. The summed E-state index contributed by atoms with van der Waals surface area (Å²) in [5.41, 5.74) is 3.96. The van der Waals surface area contributed by atoms with Crippen molar-refractivity contribution in [1.29, 1.82) is 0 Å². The standard InChI is InChI=1S/C32H28N2O6/c1-2-3-20-38-27-17-14-23(15-18-27)30(35)34-33-22-26-16-19-28(39-31(36)24-10-6-4-7-11-24)21-29(26)40-32(37)25-12-8-5-9-13-25/h4-19,21-22H,2-3,20H2,1H3,(H,34,35). The van der Waals surface area contributed by atoms with E-state index in [0.717, 1.165) is 12.8 Å². The number of nitrogens with zero attached hydrogens (tertiary/aromatic N) is 1. The molecule has 4 aromatic carbocycles. The normalized spacial score (nSPS) is 10.6. The van der Waals surface area contributed by atoms with Gasteiger partial charge in [-0.1, -0.05) is 49.7 Å². The highest BCUT2D eigenvalue weighted by Crippen LogP contribution is 2.26. The van der Waals surface area contributed by atoms with Crippen molar-refractivity contribution in [3.63, 3.8) is 0 Å². The first kappa shape index (κ1) is 27.8. The number of carbonyl (C=O) groups is 3. The first-order valence-corrected chi connectivity index (χ1v) is 12.8. The number of hydrogen-bond donors (Lipinski definition) is 1. The van der Waals surface area contributed by atoms with Gasteiger partial charge in [-0.3, -0.25) is 4.79 Å². The first-order chi connectivity index (χ1) is 19.5. The van der Waals surface area contributed by atoms with Crippen LogP contribution in [0.15, 0.2) is 108 Å². The molecule has 40 heavy (non-hydrogen) atoms. The van der Waals surface area contributed by atoms with Gasteiger partial charge in [-0.15, -0.1) is 0 Å². The number of nitrogens with one attached hydrogen (secondary N) is 1. The van der Waals surface area contributed by atoms with E-state index in [1.165, 1.54) is 12.3 Å². The molecule has 8 heteroatoms. The minimum atomic E-state index is -0.605. The van der Waals surface area contributed by atoms with E-state index in [-0.39, 0.29) is 11.5 Å². The molecule has 8 nitrogen and oxygen atoms in total. The zero-order chi connectivity index (χ0) is 28.2. The lowest BCUT2D eigenvalue weighted by molar-refractivity contribution is 0.0732. The van der Waals surface area contributed by atoms with Crippen LogP contribution in [0.1, 0.15) is 56.4 Å². The van der Waals surface area contributed by atoms with Gasteiger partial charge in [0.05, 0.1) is 23.9 Å². The number of esters is 2. The van der Waals surface area contributed by atoms with Gasteiger partial charge in [0, 0.05) is 17.2 Å². The number of hydrogen-bond acceptors (Lipinski definition) is 7. The summed E-state index contributed by atoms with van der Waals surface area (Å²) in [6.07, 6.45) is 3.33. The Labute approximate surface area is 232 Å². The van der Waals surface area contributed by atoms with Gasteiger partial charge in [-0.05, 0) is 67.1 Å². The van der Waals surface area contributed by atoms with Crippen molar-refractivity contribution in [2.75, 3.05) is 6.61 Å². The van der Waals surface area contributed by atoms with Crippen molar-refractivity contribution in [2.24, 2.45) is 5.10 Å². The molecular weight excluding hydrogens is 508 g/mol. The fraction of sp³-hybridized carbons (Fsp3) is 0.125. The van der Waals surface area contributed by atoms with Crippen molar-refractivity contribution in [3.05, 3.63) is 125 Å². The Morgan fingerprint density at radius 2 is 1.32 bits per heavy atom. The molecule has 0 saturated carbocycles. The summed E-state index contributed by atoms with van der Waals surface area (Å²) in [4.78, 5) is 37.8. The fourth-order valence-electron chi connectivity index (χ4n) is 3.51. The topological polar surface area (TPSA) is 103 Å². The van der Waals surface area contributed by atoms with Gasteiger partial charge < -0.3 is 14.2 Å². The van der Waals surface area contributed by atoms with Gasteiger partial charge in [0.1, 0.15) is 17.2 Å². The average Bonchev–Trinajstić information content (AvgIpc) is 2.99. The molecule has 0 aliphatic rings. The van der Waals surface area contributed by atoms with E-state index in [1.54, 1.807) is 97.1 Å². The van der Waals surface area contributed by atoms with Gasteiger partial charge in [0.2, 0.25) is 0 Å². The van der Waals surface area contributed by atoms with Crippen molar-refractivity contribution in [1.82, 2.24) is 5.43 Å². The monoisotopic (exact) mass is 536 g/mol. The van der Waals surface area contributed by atoms with Crippen molar-refractivity contribution in [3.8, 4) is 17.2 Å². The molecule has 0 fully saturated rings. The van der Waals surface area contributed by atoms with Crippen LogP contribution in [0.2, 0.25) is 0 Å². The minimum absolute atomic E-state index is 0.0961. The third-order valence-electron chi connectivity index (χ3n) is 5.67. The largest absolute Gasteiger partial charge is 0.494 e. The predicted molar refractivity (Wildman–Crippen MR) is 151 cm³/mol. The van der Waals surface area contributed by atoms with Gasteiger partial charge in [0.25, 0.3) is 5.91 Å². The number of amides is 1. The highest BCUT2D eigenvalue weighted by molar-refractivity contribution is 5.96. The molecule has 4 rings (SSSR count). The molecule has 202 valence electrons. The second kappa shape index (κ2) is 14.1. The van der Waals surface area contributed by atoms with Crippen LogP contribution < -0.4 is 19.6 Å². The van der Waals surface area contributed by atoms with Crippen molar-refractivity contribution < 1.29 is 28.6 Å². The fourth-order valence-corrected chi connectivity index (χ4v) is 3.51. The maximum absolute atomic E-state index is 12.7. The van der Waals surface area contributed by atoms with Crippen LogP contribution >= 0.6 is 0 Å². The summed E-state index contributed by atoms with van der Waals surface area (Å²) in [5, 5.41) is 4.03. The van der Waals surface area contributed by atoms with Gasteiger partial charge in [0.15, 0.2) is 0 Å². The number of hydrazone groups is 1. The summed E-state index contributed by atoms with van der Waals surface area (Å²) in [5.74, 6) is -0.631. The number of unbranched alkanes of at least 4 members (excludes halogenated alkanes) is 1. The van der Waals surface area contributed by atoms with Crippen LogP contribution in [0.25, 0.3) is 0 Å². The molecule has 1 N–H and O–H groups in total. The summed E-state index contributed by atoms with van der Waals surface area (Å²) in [7, 11) is 0. The highest BCUT2D eigenvalue weighted by atomic mass is 16.5. The third kappa shape index (κ3) is 7.88. The molecule has 0 radical (unpaired) electrons. The van der Waals surface area contributed by atoms with Crippen molar-refractivity contribution >= 4 is 24.1 Å². The van der Waals surface area contributed by atoms with Crippen LogP contribution in [0, 0.1) is 0 Å². The zero-order valence-corrected chi connectivity index (χ0v) is 21.9. The Bertz CT molecular complexity index is 1470. The van der Waals surface area contributed by atoms with E-state index in [2.05, 4.69) is 17.5 Å². The van der Waals surface area contributed by atoms with Crippen molar-refractivity contribution in [2.45, 2.75) is 19.8 Å². The summed E-state index contributed by atoms with van der Waals surface area (Å²) >= 11 is 0. The highest BCUT2D eigenvalue weighted by Gasteiger charge is 2.15. The van der Waals surface area contributed by atoms with E-state index in [0.29, 0.717) is 34.6 Å². The lowest BCUT2D eigenvalue weighted by atomic mass is 10.2. The smallest absolute Gasteiger partial charge is 0.343 e. The van der Waals surface area contributed by atoms with Gasteiger partial charge in [-0.2, -0.15) is 5.10 Å². The molecule has 0 aliphatic carbocycles. The molecule has 0 saturated heterocycles. The maximum atomic E-state index is 12.7. The minimum Gasteiger partial charge on any atom is -0.494 e.